The molecule has 1 rings (SSSR count). The molecule has 0 fully saturated rings. The molecule has 0 radical (unpaired) electrons. The van der Waals surface area contributed by atoms with Crippen molar-refractivity contribution in [3.63, 3.8) is 0 Å². The van der Waals surface area contributed by atoms with Crippen LogP contribution in [0.5, 0.6) is 0 Å². The topological polar surface area (TPSA) is 62.1 Å². The summed E-state index contributed by atoms with van der Waals surface area (Å²) < 4.78 is 4.84. The van der Waals surface area contributed by atoms with Crippen molar-refractivity contribution < 1.29 is 9.53 Å². The van der Waals surface area contributed by atoms with Crippen molar-refractivity contribution in [1.29, 1.82) is 5.26 Å². The van der Waals surface area contributed by atoms with Crippen molar-refractivity contribution >= 4 is 12.0 Å². The van der Waals surface area contributed by atoms with Gasteiger partial charge in [0.25, 0.3) is 5.91 Å². The molecule has 0 aliphatic carbocycles. The Kier molecular flexibility index (Phi) is 5.77. The van der Waals surface area contributed by atoms with Crippen molar-refractivity contribution in [2.24, 2.45) is 0 Å². The molecule has 0 bridgehead atoms. The van der Waals surface area contributed by atoms with Gasteiger partial charge in [0.15, 0.2) is 0 Å². The Labute approximate surface area is 113 Å². The number of hydrogen-bond acceptors (Lipinski definition) is 3. The van der Waals surface area contributed by atoms with Crippen LogP contribution in [0.25, 0.3) is 6.08 Å². The fourth-order valence-electron chi connectivity index (χ4n) is 1.65. The summed E-state index contributed by atoms with van der Waals surface area (Å²) in [4.78, 5) is 11.8. The molecule has 1 amide bonds. The number of nitrogens with one attached hydrogen (secondary N) is 1. The summed E-state index contributed by atoms with van der Waals surface area (Å²) in [6.07, 6.45) is 1.61. The van der Waals surface area contributed by atoms with Gasteiger partial charge in [-0.1, -0.05) is 23.8 Å². The molecule has 0 saturated carbocycles. The number of carbonyl (C=O) groups is 1. The van der Waals surface area contributed by atoms with E-state index in [9.17, 15) is 4.79 Å². The van der Waals surface area contributed by atoms with E-state index in [1.165, 1.54) is 0 Å². The second-order valence-corrected chi connectivity index (χ2v) is 4.28. The third-order valence-electron chi connectivity index (χ3n) is 2.68. The number of amides is 1. The average Bonchev–Trinajstić information content (AvgIpc) is 2.38. The first kappa shape index (κ1) is 14.9. The highest BCUT2D eigenvalue weighted by Crippen LogP contribution is 2.14. The highest BCUT2D eigenvalue weighted by atomic mass is 16.5. The number of carbonyl (C=O) groups excluding carboxylic acids is 1. The first-order valence-electron chi connectivity index (χ1n) is 6.04. The molecule has 4 heteroatoms. The Hall–Kier alpha value is -2.12. The summed E-state index contributed by atoms with van der Waals surface area (Å²) in [5.74, 6) is -0.375. The predicted octanol–water partition coefficient (Wildman–Crippen LogP) is 1.97. The minimum Gasteiger partial charge on any atom is -0.383 e. The maximum Gasteiger partial charge on any atom is 0.262 e. The first-order valence-corrected chi connectivity index (χ1v) is 6.04. The molecule has 4 nitrogen and oxygen atoms in total. The van der Waals surface area contributed by atoms with E-state index in [1.807, 2.05) is 38.1 Å². The van der Waals surface area contributed by atoms with Gasteiger partial charge < -0.3 is 10.1 Å². The summed E-state index contributed by atoms with van der Waals surface area (Å²) in [6, 6.07) is 7.81. The lowest BCUT2D eigenvalue weighted by atomic mass is 10.0. The highest BCUT2D eigenvalue weighted by molar-refractivity contribution is 6.01. The largest absolute Gasteiger partial charge is 0.383 e. The van der Waals surface area contributed by atoms with E-state index in [4.69, 9.17) is 10.00 Å². The van der Waals surface area contributed by atoms with Crippen molar-refractivity contribution in [1.82, 2.24) is 5.32 Å². The van der Waals surface area contributed by atoms with Crippen molar-refractivity contribution in [2.45, 2.75) is 13.8 Å². The number of nitriles is 1. The molecule has 0 aliphatic heterocycles. The van der Waals surface area contributed by atoms with Gasteiger partial charge in [-0.25, -0.2) is 0 Å². The molecule has 0 heterocycles. The summed E-state index contributed by atoms with van der Waals surface area (Å²) in [6.45, 7) is 4.77. The summed E-state index contributed by atoms with van der Waals surface area (Å²) in [5, 5.41) is 11.7. The van der Waals surface area contributed by atoms with Crippen molar-refractivity contribution in [2.75, 3.05) is 20.3 Å². The fraction of sp³-hybridized carbons (Fsp3) is 0.333. The summed E-state index contributed by atoms with van der Waals surface area (Å²) >= 11 is 0. The standard InChI is InChI=1S/C15H18N2O2/c1-11-4-5-13(12(2)8-11)9-14(10-16)15(18)17-6-7-19-3/h4-5,8-9H,6-7H2,1-3H3,(H,17,18)/b14-9+. The fourth-order valence-corrected chi connectivity index (χ4v) is 1.65. The van der Waals surface area contributed by atoms with Crippen LogP contribution >= 0.6 is 0 Å². The lowest BCUT2D eigenvalue weighted by Gasteiger charge is -2.05. The van der Waals surface area contributed by atoms with Crippen LogP contribution in [0.15, 0.2) is 23.8 Å². The molecule has 1 aromatic carbocycles. The van der Waals surface area contributed by atoms with Gasteiger partial charge in [0.2, 0.25) is 0 Å². The number of benzene rings is 1. The molecule has 0 aliphatic rings. The molecule has 1 N–H and O–H groups in total. The zero-order valence-corrected chi connectivity index (χ0v) is 11.5. The van der Waals surface area contributed by atoms with Gasteiger partial charge in [0.05, 0.1) is 6.61 Å². The minimum absolute atomic E-state index is 0.100. The van der Waals surface area contributed by atoms with Gasteiger partial charge in [-0.15, -0.1) is 0 Å². The number of ether oxygens (including phenoxy) is 1. The monoisotopic (exact) mass is 258 g/mol. The number of hydrogen-bond donors (Lipinski definition) is 1. The van der Waals surface area contributed by atoms with Gasteiger partial charge in [0.1, 0.15) is 11.6 Å². The number of nitrogens with zero attached hydrogens (tertiary/aromatic N) is 1. The van der Waals surface area contributed by atoms with E-state index in [0.717, 1.165) is 16.7 Å². The lowest BCUT2D eigenvalue weighted by molar-refractivity contribution is -0.117. The van der Waals surface area contributed by atoms with E-state index < -0.39 is 0 Å². The van der Waals surface area contributed by atoms with E-state index in [0.29, 0.717) is 13.2 Å². The van der Waals surface area contributed by atoms with Gasteiger partial charge >= 0.3 is 0 Å². The Morgan fingerprint density at radius 3 is 2.79 bits per heavy atom. The Balaban J connectivity index is 2.87. The van der Waals surface area contributed by atoms with Crippen LogP contribution in [-0.2, 0) is 9.53 Å². The minimum atomic E-state index is -0.375. The normalized spacial score (nSPS) is 10.9. The van der Waals surface area contributed by atoms with E-state index in [1.54, 1.807) is 13.2 Å². The van der Waals surface area contributed by atoms with Crippen LogP contribution in [0, 0.1) is 25.2 Å². The number of rotatable bonds is 5. The number of aryl methyl sites for hydroxylation is 2. The van der Waals surface area contributed by atoms with Crippen LogP contribution in [0.1, 0.15) is 16.7 Å². The Morgan fingerprint density at radius 1 is 1.47 bits per heavy atom. The zero-order valence-electron chi connectivity index (χ0n) is 11.5. The van der Waals surface area contributed by atoms with Crippen LogP contribution in [0.2, 0.25) is 0 Å². The molecular formula is C15H18N2O2. The van der Waals surface area contributed by atoms with Gasteiger partial charge in [-0.3, -0.25) is 4.79 Å². The van der Waals surface area contributed by atoms with Crippen LogP contribution in [0.4, 0.5) is 0 Å². The molecule has 100 valence electrons. The lowest BCUT2D eigenvalue weighted by Crippen LogP contribution is -2.27. The number of methoxy groups -OCH3 is 1. The average molecular weight is 258 g/mol. The van der Waals surface area contributed by atoms with Gasteiger partial charge in [0, 0.05) is 13.7 Å². The third-order valence-corrected chi connectivity index (χ3v) is 2.68. The zero-order chi connectivity index (χ0) is 14.3. The smallest absolute Gasteiger partial charge is 0.262 e. The maximum absolute atomic E-state index is 11.8. The molecule has 19 heavy (non-hydrogen) atoms. The molecule has 0 spiro atoms. The Morgan fingerprint density at radius 2 is 2.21 bits per heavy atom. The summed E-state index contributed by atoms with van der Waals surface area (Å²) in [5.41, 5.74) is 3.17. The molecule has 0 saturated heterocycles. The van der Waals surface area contributed by atoms with Crippen LogP contribution < -0.4 is 5.32 Å². The quantitative estimate of drug-likeness (QED) is 0.499. The highest BCUT2D eigenvalue weighted by Gasteiger charge is 2.08. The summed E-state index contributed by atoms with van der Waals surface area (Å²) in [7, 11) is 1.56. The van der Waals surface area contributed by atoms with Crippen molar-refractivity contribution in [3.05, 3.63) is 40.5 Å². The molecule has 0 atom stereocenters. The molecule has 0 unspecified atom stereocenters. The third kappa shape index (κ3) is 4.57. The van der Waals surface area contributed by atoms with E-state index in [-0.39, 0.29) is 11.5 Å². The van der Waals surface area contributed by atoms with Gasteiger partial charge in [-0.2, -0.15) is 5.26 Å². The second-order valence-electron chi connectivity index (χ2n) is 4.28. The molecular weight excluding hydrogens is 240 g/mol. The Bertz CT molecular complexity index is 527. The van der Waals surface area contributed by atoms with E-state index >= 15 is 0 Å². The maximum atomic E-state index is 11.8. The second kappa shape index (κ2) is 7.34. The van der Waals surface area contributed by atoms with Crippen molar-refractivity contribution in [3.8, 4) is 6.07 Å². The van der Waals surface area contributed by atoms with E-state index in [2.05, 4.69) is 5.32 Å². The predicted molar refractivity (Wildman–Crippen MR) is 74.4 cm³/mol. The SMILES string of the molecule is COCCNC(=O)/C(C#N)=C/c1ccc(C)cc1C. The van der Waals surface area contributed by atoms with Gasteiger partial charge in [-0.05, 0) is 31.1 Å². The van der Waals surface area contributed by atoms with Crippen LogP contribution in [0.3, 0.4) is 0 Å². The molecule has 0 aromatic heterocycles. The molecule has 1 aromatic rings. The van der Waals surface area contributed by atoms with Crippen LogP contribution in [-0.4, -0.2) is 26.2 Å². The first-order chi connectivity index (χ1) is 9.08.